The zero-order valence-electron chi connectivity index (χ0n) is 7.11. The van der Waals surface area contributed by atoms with Crippen molar-refractivity contribution in [1.82, 2.24) is 0 Å². The van der Waals surface area contributed by atoms with E-state index >= 15 is 0 Å². The zero-order chi connectivity index (χ0) is 10.9. The van der Waals surface area contributed by atoms with Crippen molar-refractivity contribution in [2.24, 2.45) is 0 Å². The summed E-state index contributed by atoms with van der Waals surface area (Å²) in [4.78, 5) is 11.7. The Labute approximate surface area is 101 Å². The maximum atomic E-state index is 12.6. The molecule has 78 valence electrons. The summed E-state index contributed by atoms with van der Waals surface area (Å²) in [6.45, 7) is 0.738. The van der Waals surface area contributed by atoms with Crippen molar-refractivity contribution in [2.75, 3.05) is 0 Å². The number of hydrogen-bond acceptors (Lipinski definition) is 2. The third kappa shape index (κ3) is 3.10. The molecule has 0 amide bonds. The van der Waals surface area contributed by atoms with E-state index < -0.39 is 18.1 Å². The molecule has 1 heterocycles. The van der Waals surface area contributed by atoms with Gasteiger partial charge in [0.2, 0.25) is 0 Å². The molecule has 0 fully saturated rings. The van der Waals surface area contributed by atoms with Gasteiger partial charge in [-0.2, -0.15) is 0 Å². The molecule has 6 heteroatoms. The molecule has 1 aromatic heterocycles. The molecule has 0 radical (unpaired) electrons. The molecule has 0 N–H and O–H groups in total. The molecular weight excluding hydrogens is 342 g/mol. The van der Waals surface area contributed by atoms with Crippen LogP contribution in [-0.2, 0) is 0 Å². The fourth-order valence-electron chi connectivity index (χ4n) is 0.873. The lowest BCUT2D eigenvalue weighted by Crippen LogP contribution is -2.15. The van der Waals surface area contributed by atoms with Gasteiger partial charge in [0, 0.05) is 9.85 Å². The van der Waals surface area contributed by atoms with Gasteiger partial charge >= 0.3 is 0 Å². The first kappa shape index (κ1) is 12.3. The van der Waals surface area contributed by atoms with Gasteiger partial charge in [0.1, 0.15) is 0 Å². The van der Waals surface area contributed by atoms with Crippen LogP contribution in [0.25, 0.3) is 0 Å². The van der Waals surface area contributed by atoms with Crippen molar-refractivity contribution in [3.05, 3.63) is 19.2 Å². The van der Waals surface area contributed by atoms with Crippen LogP contribution in [0.2, 0.25) is 0 Å². The molecule has 1 rings (SSSR count). The predicted octanol–water partition coefficient (Wildman–Crippen LogP) is 4.50. The van der Waals surface area contributed by atoms with E-state index in [1.54, 1.807) is 5.38 Å². The quantitative estimate of drug-likeness (QED) is 0.735. The highest BCUT2D eigenvalue weighted by atomic mass is 79.9. The summed E-state index contributed by atoms with van der Waals surface area (Å²) in [5.74, 6) is -3.49. The fraction of sp³-hybridized carbons (Fsp3) is 0.375. The summed E-state index contributed by atoms with van der Waals surface area (Å²) >= 11 is 7.49. The van der Waals surface area contributed by atoms with E-state index in [1.807, 2.05) is 0 Å². The Morgan fingerprint density at radius 3 is 2.50 bits per heavy atom. The maximum Gasteiger partial charge on any atom is 0.252 e. The Bertz CT molecular complexity index is 357. The highest BCUT2D eigenvalue weighted by Gasteiger charge is 2.28. The standard InChI is InChI=1S/C8H6Br2F2OS/c1-8(11,12)2-5(13)7-6(10)4(9)3-14-7/h3H,2H2,1H3. The van der Waals surface area contributed by atoms with Crippen LogP contribution in [0.4, 0.5) is 8.78 Å². The average Bonchev–Trinajstić information content (AvgIpc) is 2.29. The van der Waals surface area contributed by atoms with Crippen LogP contribution >= 0.6 is 43.2 Å². The van der Waals surface area contributed by atoms with Gasteiger partial charge < -0.3 is 0 Å². The molecule has 0 aromatic carbocycles. The fourth-order valence-corrected chi connectivity index (χ4v) is 3.01. The number of rotatable bonds is 3. The number of carbonyl (C=O) groups excluding carboxylic acids is 1. The van der Waals surface area contributed by atoms with Crippen molar-refractivity contribution in [1.29, 1.82) is 0 Å². The first-order valence-corrected chi connectivity index (χ1v) is 6.11. The lowest BCUT2D eigenvalue weighted by molar-refractivity contribution is 0.0157. The van der Waals surface area contributed by atoms with Crippen molar-refractivity contribution >= 4 is 49.0 Å². The van der Waals surface area contributed by atoms with Gasteiger partial charge in [0.05, 0.1) is 15.8 Å². The van der Waals surface area contributed by atoms with Crippen molar-refractivity contribution in [3.8, 4) is 0 Å². The van der Waals surface area contributed by atoms with E-state index in [0.717, 1.165) is 18.3 Å². The minimum atomic E-state index is -2.95. The molecule has 0 atom stereocenters. The van der Waals surface area contributed by atoms with Crippen molar-refractivity contribution in [3.63, 3.8) is 0 Å². The van der Waals surface area contributed by atoms with Crippen LogP contribution in [-0.4, -0.2) is 11.7 Å². The summed E-state index contributed by atoms with van der Waals surface area (Å²) in [5.41, 5.74) is 0. The summed E-state index contributed by atoms with van der Waals surface area (Å²) in [6.07, 6.45) is -0.751. The van der Waals surface area contributed by atoms with Crippen LogP contribution in [0.15, 0.2) is 14.3 Å². The molecule has 0 saturated heterocycles. The first-order valence-electron chi connectivity index (χ1n) is 3.65. The third-order valence-electron chi connectivity index (χ3n) is 1.41. The third-order valence-corrected chi connectivity index (χ3v) is 4.98. The highest BCUT2D eigenvalue weighted by molar-refractivity contribution is 9.13. The van der Waals surface area contributed by atoms with Gasteiger partial charge in [0.25, 0.3) is 5.92 Å². The molecule has 0 aliphatic carbocycles. The molecule has 0 aliphatic rings. The summed E-state index contributed by atoms with van der Waals surface area (Å²) < 4.78 is 26.4. The molecule has 1 aromatic rings. The van der Waals surface area contributed by atoms with E-state index in [9.17, 15) is 13.6 Å². The normalized spacial score (nSPS) is 11.8. The second-order valence-corrected chi connectivity index (χ2v) is 5.42. The minimum absolute atomic E-state index is 0.332. The van der Waals surface area contributed by atoms with Gasteiger partial charge in [-0.3, -0.25) is 4.79 Å². The molecule has 0 spiro atoms. The molecule has 0 bridgehead atoms. The molecule has 0 unspecified atom stereocenters. The molecule has 1 nitrogen and oxygen atoms in total. The van der Waals surface area contributed by atoms with Crippen LogP contribution < -0.4 is 0 Å². The Hall–Kier alpha value is 0.190. The van der Waals surface area contributed by atoms with E-state index in [0.29, 0.717) is 13.8 Å². The second kappa shape index (κ2) is 4.37. The van der Waals surface area contributed by atoms with Crippen molar-refractivity contribution in [2.45, 2.75) is 19.3 Å². The van der Waals surface area contributed by atoms with Gasteiger partial charge in [-0.15, -0.1) is 11.3 Å². The zero-order valence-corrected chi connectivity index (χ0v) is 11.1. The van der Waals surface area contributed by atoms with Crippen LogP contribution in [0, 0.1) is 0 Å². The van der Waals surface area contributed by atoms with Crippen LogP contribution in [0.3, 0.4) is 0 Å². The average molecular weight is 348 g/mol. The Morgan fingerprint density at radius 2 is 2.14 bits per heavy atom. The number of thiophene rings is 1. The number of halogens is 4. The number of Topliss-reactive ketones (excluding diaryl/α,β-unsaturated/α-hetero) is 1. The topological polar surface area (TPSA) is 17.1 Å². The van der Waals surface area contributed by atoms with Crippen LogP contribution in [0.1, 0.15) is 23.0 Å². The summed E-state index contributed by atoms with van der Waals surface area (Å²) in [5, 5.41) is 1.69. The Balaban J connectivity index is 2.86. The number of ketones is 1. The molecule has 14 heavy (non-hydrogen) atoms. The van der Waals surface area contributed by atoms with Gasteiger partial charge in [-0.25, -0.2) is 8.78 Å². The predicted molar refractivity (Wildman–Crippen MR) is 59.3 cm³/mol. The molecule has 0 saturated carbocycles. The monoisotopic (exact) mass is 346 g/mol. The smallest absolute Gasteiger partial charge is 0.252 e. The Morgan fingerprint density at radius 1 is 1.57 bits per heavy atom. The van der Waals surface area contributed by atoms with Crippen molar-refractivity contribution < 1.29 is 13.6 Å². The van der Waals surface area contributed by atoms with Gasteiger partial charge in [-0.1, -0.05) is 0 Å². The lowest BCUT2D eigenvalue weighted by Gasteiger charge is -2.07. The largest absolute Gasteiger partial charge is 0.293 e. The SMILES string of the molecule is CC(F)(F)CC(=O)c1scc(Br)c1Br. The maximum absolute atomic E-state index is 12.6. The molecule has 0 aliphatic heterocycles. The summed E-state index contributed by atoms with van der Waals surface area (Å²) in [7, 11) is 0. The van der Waals surface area contributed by atoms with E-state index in [4.69, 9.17) is 0 Å². The molecular formula is C8H6Br2F2OS. The Kier molecular flexibility index (Phi) is 3.82. The van der Waals surface area contributed by atoms with Gasteiger partial charge in [-0.05, 0) is 38.8 Å². The lowest BCUT2D eigenvalue weighted by atomic mass is 10.1. The number of alkyl halides is 2. The van der Waals surface area contributed by atoms with E-state index in [2.05, 4.69) is 31.9 Å². The van der Waals surface area contributed by atoms with Crippen LogP contribution in [0.5, 0.6) is 0 Å². The minimum Gasteiger partial charge on any atom is -0.293 e. The second-order valence-electron chi connectivity index (χ2n) is 2.90. The highest BCUT2D eigenvalue weighted by Crippen LogP contribution is 2.34. The van der Waals surface area contributed by atoms with E-state index in [1.165, 1.54) is 0 Å². The summed E-state index contributed by atoms with van der Waals surface area (Å²) in [6, 6.07) is 0. The number of hydrogen-bond donors (Lipinski definition) is 0. The first-order chi connectivity index (χ1) is 6.31. The number of carbonyl (C=O) groups is 1. The van der Waals surface area contributed by atoms with Gasteiger partial charge in [0.15, 0.2) is 5.78 Å². The van der Waals surface area contributed by atoms with E-state index in [-0.39, 0.29) is 0 Å².